The van der Waals surface area contributed by atoms with Crippen LogP contribution in [0.25, 0.3) is 0 Å². The highest BCUT2D eigenvalue weighted by molar-refractivity contribution is 6.32. The second-order valence-corrected chi connectivity index (χ2v) is 6.97. The summed E-state index contributed by atoms with van der Waals surface area (Å²) in [6.45, 7) is 0. The summed E-state index contributed by atoms with van der Waals surface area (Å²) in [6, 6.07) is 9.09. The van der Waals surface area contributed by atoms with E-state index in [9.17, 15) is 4.79 Å². The number of rotatable bonds is 5. The summed E-state index contributed by atoms with van der Waals surface area (Å²) < 4.78 is 5.13. The molecule has 0 atom stereocenters. The van der Waals surface area contributed by atoms with Gasteiger partial charge in [0, 0.05) is 23.5 Å². The molecule has 5 nitrogen and oxygen atoms in total. The summed E-state index contributed by atoms with van der Waals surface area (Å²) in [4.78, 5) is 16.9. The van der Waals surface area contributed by atoms with Gasteiger partial charge in [0.05, 0.1) is 12.1 Å². The van der Waals surface area contributed by atoms with Gasteiger partial charge in [-0.1, -0.05) is 37.3 Å². The SMILES string of the molecule is COc1ccc(NC(=O)c2ccnc(NC3CCCCCC3)c2)cc1Cl. The summed E-state index contributed by atoms with van der Waals surface area (Å²) in [7, 11) is 1.55. The predicted octanol–water partition coefficient (Wildman–Crippen LogP) is 5.13. The van der Waals surface area contributed by atoms with E-state index in [0.717, 1.165) is 18.7 Å². The molecular formula is C20H24ClN3O2. The number of amides is 1. The topological polar surface area (TPSA) is 63.2 Å². The van der Waals surface area contributed by atoms with Gasteiger partial charge in [-0.25, -0.2) is 4.98 Å². The zero-order valence-electron chi connectivity index (χ0n) is 14.9. The van der Waals surface area contributed by atoms with Crippen LogP contribution in [0.2, 0.25) is 5.02 Å². The van der Waals surface area contributed by atoms with Gasteiger partial charge in [0.15, 0.2) is 0 Å². The van der Waals surface area contributed by atoms with Crippen molar-refractivity contribution in [2.45, 2.75) is 44.6 Å². The zero-order chi connectivity index (χ0) is 18.4. The number of hydrogen-bond acceptors (Lipinski definition) is 4. The van der Waals surface area contributed by atoms with Crippen LogP contribution in [-0.2, 0) is 0 Å². The van der Waals surface area contributed by atoms with Gasteiger partial charge in [-0.05, 0) is 43.2 Å². The fourth-order valence-electron chi connectivity index (χ4n) is 3.23. The molecule has 1 aliphatic carbocycles. The number of benzene rings is 1. The molecule has 0 unspecified atom stereocenters. The molecule has 0 aliphatic heterocycles. The molecule has 26 heavy (non-hydrogen) atoms. The van der Waals surface area contributed by atoms with Crippen LogP contribution in [-0.4, -0.2) is 24.0 Å². The van der Waals surface area contributed by atoms with Gasteiger partial charge in [-0.15, -0.1) is 0 Å². The standard InChI is InChI=1S/C20H24ClN3O2/c1-26-18-9-8-16(13-17(18)21)24-20(25)14-10-11-22-19(12-14)23-15-6-4-2-3-5-7-15/h8-13,15H,2-7H2,1H3,(H,22,23)(H,24,25). The van der Waals surface area contributed by atoms with Crippen LogP contribution in [0.3, 0.4) is 0 Å². The summed E-state index contributed by atoms with van der Waals surface area (Å²) in [5.41, 5.74) is 1.18. The van der Waals surface area contributed by atoms with E-state index in [4.69, 9.17) is 16.3 Å². The van der Waals surface area contributed by atoms with Crippen LogP contribution in [0.15, 0.2) is 36.5 Å². The molecule has 1 amide bonds. The van der Waals surface area contributed by atoms with Crippen molar-refractivity contribution >= 4 is 29.0 Å². The van der Waals surface area contributed by atoms with Crippen molar-refractivity contribution in [3.63, 3.8) is 0 Å². The Morgan fingerprint density at radius 3 is 2.62 bits per heavy atom. The predicted molar refractivity (Wildman–Crippen MR) is 105 cm³/mol. The van der Waals surface area contributed by atoms with Crippen LogP contribution in [0.1, 0.15) is 48.9 Å². The number of ether oxygens (including phenoxy) is 1. The summed E-state index contributed by atoms with van der Waals surface area (Å²) in [5.74, 6) is 1.12. The Hall–Kier alpha value is -2.27. The smallest absolute Gasteiger partial charge is 0.255 e. The highest BCUT2D eigenvalue weighted by Crippen LogP contribution is 2.27. The van der Waals surface area contributed by atoms with Crippen molar-refractivity contribution in [2.24, 2.45) is 0 Å². The van der Waals surface area contributed by atoms with Gasteiger partial charge in [0.1, 0.15) is 11.6 Å². The van der Waals surface area contributed by atoms with E-state index in [1.165, 1.54) is 25.7 Å². The molecule has 0 bridgehead atoms. The third-order valence-electron chi connectivity index (χ3n) is 4.64. The Bertz CT molecular complexity index is 758. The third kappa shape index (κ3) is 4.88. The number of pyridine rings is 1. The molecule has 3 rings (SSSR count). The highest BCUT2D eigenvalue weighted by Gasteiger charge is 2.14. The van der Waals surface area contributed by atoms with Crippen LogP contribution >= 0.6 is 11.6 Å². The molecule has 2 N–H and O–H groups in total. The van der Waals surface area contributed by atoms with Gasteiger partial charge in [-0.2, -0.15) is 0 Å². The Labute approximate surface area is 159 Å². The lowest BCUT2D eigenvalue weighted by Gasteiger charge is -2.17. The minimum atomic E-state index is -0.197. The summed E-state index contributed by atoms with van der Waals surface area (Å²) >= 11 is 6.11. The fraction of sp³-hybridized carbons (Fsp3) is 0.400. The van der Waals surface area contributed by atoms with E-state index < -0.39 is 0 Å². The Morgan fingerprint density at radius 1 is 1.15 bits per heavy atom. The van der Waals surface area contributed by atoms with Crippen LogP contribution < -0.4 is 15.4 Å². The molecular weight excluding hydrogens is 350 g/mol. The minimum absolute atomic E-state index is 0.197. The first-order valence-electron chi connectivity index (χ1n) is 9.03. The lowest BCUT2D eigenvalue weighted by Crippen LogP contribution is -2.20. The number of hydrogen-bond donors (Lipinski definition) is 2. The number of carbonyl (C=O) groups excluding carboxylic acids is 1. The molecule has 1 saturated carbocycles. The molecule has 1 aliphatic rings. The number of anilines is 2. The van der Waals surface area contributed by atoms with E-state index in [0.29, 0.717) is 28.1 Å². The maximum absolute atomic E-state index is 12.5. The zero-order valence-corrected chi connectivity index (χ0v) is 15.7. The van der Waals surface area contributed by atoms with Gasteiger partial charge in [0.25, 0.3) is 5.91 Å². The van der Waals surface area contributed by atoms with Crippen LogP contribution in [0.4, 0.5) is 11.5 Å². The molecule has 6 heteroatoms. The van der Waals surface area contributed by atoms with E-state index in [2.05, 4.69) is 15.6 Å². The number of methoxy groups -OCH3 is 1. The summed E-state index contributed by atoms with van der Waals surface area (Å²) in [5, 5.41) is 6.79. The molecule has 1 heterocycles. The molecule has 2 aromatic rings. The lowest BCUT2D eigenvalue weighted by atomic mass is 10.1. The van der Waals surface area contributed by atoms with Crippen molar-refractivity contribution in [3.05, 3.63) is 47.1 Å². The van der Waals surface area contributed by atoms with Crippen molar-refractivity contribution in [3.8, 4) is 5.75 Å². The first kappa shape index (κ1) is 18.5. The van der Waals surface area contributed by atoms with Crippen LogP contribution in [0.5, 0.6) is 5.75 Å². The number of halogens is 1. The van der Waals surface area contributed by atoms with Gasteiger partial charge in [0.2, 0.25) is 0 Å². The maximum Gasteiger partial charge on any atom is 0.255 e. The second-order valence-electron chi connectivity index (χ2n) is 6.57. The molecule has 0 saturated heterocycles. The normalized spacial score (nSPS) is 15.2. The molecule has 138 valence electrons. The quantitative estimate of drug-likeness (QED) is 0.713. The Balaban J connectivity index is 1.66. The molecule has 1 aromatic carbocycles. The maximum atomic E-state index is 12.5. The number of nitrogens with zero attached hydrogens (tertiary/aromatic N) is 1. The average molecular weight is 374 g/mol. The minimum Gasteiger partial charge on any atom is -0.495 e. The average Bonchev–Trinajstić information content (AvgIpc) is 2.91. The first-order chi connectivity index (χ1) is 12.7. The largest absolute Gasteiger partial charge is 0.495 e. The van der Waals surface area contributed by atoms with Crippen LogP contribution in [0, 0.1) is 0 Å². The molecule has 1 fully saturated rings. The van der Waals surface area contributed by atoms with Crippen molar-refractivity contribution in [1.29, 1.82) is 0 Å². The van der Waals surface area contributed by atoms with E-state index in [-0.39, 0.29) is 5.91 Å². The number of nitrogens with one attached hydrogen (secondary N) is 2. The van der Waals surface area contributed by atoms with E-state index in [1.807, 2.05) is 0 Å². The molecule has 1 aromatic heterocycles. The fourth-order valence-corrected chi connectivity index (χ4v) is 3.49. The first-order valence-corrected chi connectivity index (χ1v) is 9.41. The lowest BCUT2D eigenvalue weighted by molar-refractivity contribution is 0.102. The Kier molecular flexibility index (Phi) is 6.34. The van der Waals surface area contributed by atoms with E-state index in [1.54, 1.807) is 43.6 Å². The highest BCUT2D eigenvalue weighted by atomic mass is 35.5. The van der Waals surface area contributed by atoms with Crippen molar-refractivity contribution in [1.82, 2.24) is 4.98 Å². The van der Waals surface area contributed by atoms with Gasteiger partial charge in [-0.3, -0.25) is 4.79 Å². The molecule has 0 spiro atoms. The van der Waals surface area contributed by atoms with Gasteiger partial charge < -0.3 is 15.4 Å². The third-order valence-corrected chi connectivity index (χ3v) is 4.93. The Morgan fingerprint density at radius 2 is 1.92 bits per heavy atom. The number of carbonyl (C=O) groups is 1. The van der Waals surface area contributed by atoms with Crippen molar-refractivity contribution in [2.75, 3.05) is 17.7 Å². The monoisotopic (exact) mass is 373 g/mol. The second kappa shape index (κ2) is 8.90. The number of aromatic nitrogens is 1. The van der Waals surface area contributed by atoms with E-state index >= 15 is 0 Å². The van der Waals surface area contributed by atoms with Gasteiger partial charge >= 0.3 is 0 Å². The molecule has 0 radical (unpaired) electrons. The summed E-state index contributed by atoms with van der Waals surface area (Å²) in [6.07, 6.45) is 9.07. The van der Waals surface area contributed by atoms with Crippen molar-refractivity contribution < 1.29 is 9.53 Å².